The minimum absolute atomic E-state index is 0. The second-order valence-electron chi connectivity index (χ2n) is 8.74. The normalized spacial score (nSPS) is 18.2. The van der Waals surface area contributed by atoms with Gasteiger partial charge >= 0.3 is 0 Å². The third-order valence-electron chi connectivity index (χ3n) is 5.40. The molecule has 9 nitrogen and oxygen atoms in total. The highest BCUT2D eigenvalue weighted by Gasteiger charge is 2.24. The first-order chi connectivity index (χ1) is 15.4. The number of ether oxygens (including phenoxy) is 4. The molecule has 0 saturated carbocycles. The van der Waals surface area contributed by atoms with Crippen LogP contribution in [-0.2, 0) is 14.3 Å². The van der Waals surface area contributed by atoms with E-state index in [1.54, 1.807) is 13.8 Å². The molecule has 1 aromatic rings. The first kappa shape index (κ1) is 27.5. The molecule has 1 aromatic carbocycles. The molecule has 1 fully saturated rings. The summed E-state index contributed by atoms with van der Waals surface area (Å²) in [6, 6.07) is 5.68. The van der Waals surface area contributed by atoms with E-state index in [0.29, 0.717) is 44.7 Å². The number of nitrogens with zero attached hydrogens (tertiary/aromatic N) is 1. The van der Waals surface area contributed by atoms with Crippen LogP contribution in [0.2, 0.25) is 0 Å². The highest BCUT2D eigenvalue weighted by atomic mass is 127. The number of anilines is 1. The number of carbonyl (C=O) groups is 1. The topological polar surface area (TPSA) is 116 Å². The lowest BCUT2D eigenvalue weighted by atomic mass is 9.93. The number of rotatable bonds is 10. The van der Waals surface area contributed by atoms with Gasteiger partial charge in [0, 0.05) is 37.9 Å². The van der Waals surface area contributed by atoms with Crippen LogP contribution in [0, 0.1) is 5.41 Å². The summed E-state index contributed by atoms with van der Waals surface area (Å²) in [5.74, 6) is 1.61. The number of fused-ring (bicyclic) bond motifs is 1. The van der Waals surface area contributed by atoms with Crippen LogP contribution in [0.3, 0.4) is 0 Å². The number of guanidine groups is 1. The number of aliphatic imine (C=N–C) groups is 1. The number of hydrogen-bond donors (Lipinski definition) is 3. The largest absolute Gasteiger partial charge is 0.490 e. The molecular formula is C23H37IN4O5. The number of halogens is 1. The molecule has 3 rings (SSSR count). The van der Waals surface area contributed by atoms with Gasteiger partial charge in [0.2, 0.25) is 5.91 Å². The van der Waals surface area contributed by atoms with Crippen molar-refractivity contribution in [1.82, 2.24) is 5.32 Å². The van der Waals surface area contributed by atoms with Crippen LogP contribution in [0.4, 0.5) is 5.69 Å². The van der Waals surface area contributed by atoms with Crippen molar-refractivity contribution in [2.75, 3.05) is 51.4 Å². The molecule has 1 unspecified atom stereocenters. The van der Waals surface area contributed by atoms with Crippen molar-refractivity contribution in [2.45, 2.75) is 45.6 Å². The summed E-state index contributed by atoms with van der Waals surface area (Å²) < 4.78 is 22.8. The first-order valence-corrected chi connectivity index (χ1v) is 11.4. The summed E-state index contributed by atoms with van der Waals surface area (Å²) in [4.78, 5) is 16.3. The average molecular weight is 576 g/mol. The molecule has 10 heteroatoms. The van der Waals surface area contributed by atoms with Gasteiger partial charge in [0.25, 0.3) is 0 Å². The molecular weight excluding hydrogens is 539 g/mol. The molecule has 1 saturated heterocycles. The van der Waals surface area contributed by atoms with Crippen LogP contribution in [0.1, 0.15) is 39.5 Å². The number of benzene rings is 1. The summed E-state index contributed by atoms with van der Waals surface area (Å²) in [7, 11) is 0. The SMILES string of the molecule is CC(C)(CN=C(NCCCOCC1CCCO1)Nc1ccc2c(c1)OCCCO2)C(N)=O.I. The molecule has 1 amide bonds. The van der Waals surface area contributed by atoms with Gasteiger partial charge in [-0.05, 0) is 45.2 Å². The maximum absolute atomic E-state index is 11.7. The zero-order valence-corrected chi connectivity index (χ0v) is 21.9. The molecule has 0 aliphatic carbocycles. The molecule has 2 heterocycles. The van der Waals surface area contributed by atoms with E-state index in [9.17, 15) is 4.79 Å². The second-order valence-corrected chi connectivity index (χ2v) is 8.74. The van der Waals surface area contributed by atoms with Crippen LogP contribution < -0.4 is 25.8 Å². The summed E-state index contributed by atoms with van der Waals surface area (Å²) in [5.41, 5.74) is 5.57. The minimum atomic E-state index is -0.746. The lowest BCUT2D eigenvalue weighted by molar-refractivity contribution is -0.125. The van der Waals surface area contributed by atoms with Gasteiger partial charge in [-0.2, -0.15) is 0 Å². The molecule has 0 spiro atoms. The number of primary amides is 1. The zero-order valence-electron chi connectivity index (χ0n) is 19.6. The van der Waals surface area contributed by atoms with E-state index < -0.39 is 11.3 Å². The first-order valence-electron chi connectivity index (χ1n) is 11.4. The smallest absolute Gasteiger partial charge is 0.224 e. The molecule has 0 aromatic heterocycles. The van der Waals surface area contributed by atoms with Gasteiger partial charge in [-0.3, -0.25) is 9.79 Å². The van der Waals surface area contributed by atoms with E-state index in [-0.39, 0.29) is 36.6 Å². The van der Waals surface area contributed by atoms with E-state index in [1.165, 1.54) is 0 Å². The monoisotopic (exact) mass is 576 g/mol. The molecule has 4 N–H and O–H groups in total. The fraction of sp³-hybridized carbons (Fsp3) is 0.652. The summed E-state index contributed by atoms with van der Waals surface area (Å²) in [5, 5.41) is 6.59. The van der Waals surface area contributed by atoms with Crippen LogP contribution in [-0.4, -0.2) is 64.1 Å². The standard InChI is InChI=1S/C23H36N4O5.HI/c1-23(2,21(24)28)16-26-22(25-9-4-10-29-15-18-6-3-11-30-18)27-17-7-8-19-20(14-17)32-13-5-12-31-19;/h7-8,14,18H,3-6,9-13,15-16H2,1-2H3,(H2,24,28)(H2,25,26,27);1H. The number of carbonyl (C=O) groups excluding carboxylic acids is 1. The number of nitrogens with two attached hydrogens (primary N) is 1. The Kier molecular flexibility index (Phi) is 11.5. The van der Waals surface area contributed by atoms with E-state index >= 15 is 0 Å². The second kappa shape index (κ2) is 13.8. The van der Waals surface area contributed by atoms with Crippen LogP contribution in [0.15, 0.2) is 23.2 Å². The Morgan fingerprint density at radius 3 is 2.73 bits per heavy atom. The van der Waals surface area contributed by atoms with Crippen molar-refractivity contribution >= 4 is 41.5 Å². The van der Waals surface area contributed by atoms with E-state index in [1.807, 2.05) is 18.2 Å². The van der Waals surface area contributed by atoms with Crippen molar-refractivity contribution in [1.29, 1.82) is 0 Å². The molecule has 0 bridgehead atoms. The Morgan fingerprint density at radius 1 is 1.21 bits per heavy atom. The summed E-state index contributed by atoms with van der Waals surface area (Å²) >= 11 is 0. The van der Waals surface area contributed by atoms with Gasteiger partial charge < -0.3 is 35.3 Å². The van der Waals surface area contributed by atoms with Crippen molar-refractivity contribution in [3.05, 3.63) is 18.2 Å². The van der Waals surface area contributed by atoms with Gasteiger partial charge in [-0.25, -0.2) is 0 Å². The van der Waals surface area contributed by atoms with E-state index in [4.69, 9.17) is 24.7 Å². The molecule has 1 atom stereocenters. The Labute approximate surface area is 213 Å². The van der Waals surface area contributed by atoms with Gasteiger partial charge in [0.15, 0.2) is 17.5 Å². The van der Waals surface area contributed by atoms with Gasteiger partial charge in [0.05, 0.1) is 37.9 Å². The zero-order chi connectivity index (χ0) is 22.8. The Hall–Kier alpha value is -1.79. The molecule has 186 valence electrons. The summed E-state index contributed by atoms with van der Waals surface area (Å²) in [6.07, 6.45) is 4.08. The maximum Gasteiger partial charge on any atom is 0.224 e. The molecule has 0 radical (unpaired) electrons. The summed E-state index contributed by atoms with van der Waals surface area (Å²) in [6.45, 7) is 7.87. The van der Waals surface area contributed by atoms with Crippen molar-refractivity contribution < 1.29 is 23.7 Å². The van der Waals surface area contributed by atoms with Gasteiger partial charge in [0.1, 0.15) is 0 Å². The average Bonchev–Trinajstić information content (AvgIpc) is 3.18. The molecule has 2 aliphatic heterocycles. The van der Waals surface area contributed by atoms with Crippen molar-refractivity contribution in [3.63, 3.8) is 0 Å². The quantitative estimate of drug-likeness (QED) is 0.170. The maximum atomic E-state index is 11.7. The lowest BCUT2D eigenvalue weighted by Crippen LogP contribution is -2.37. The Balaban J connectivity index is 0.00000385. The lowest BCUT2D eigenvalue weighted by Gasteiger charge is -2.20. The van der Waals surface area contributed by atoms with Crippen LogP contribution >= 0.6 is 24.0 Å². The van der Waals surface area contributed by atoms with Crippen LogP contribution in [0.25, 0.3) is 0 Å². The fourth-order valence-corrected chi connectivity index (χ4v) is 3.24. The van der Waals surface area contributed by atoms with Crippen molar-refractivity contribution in [2.24, 2.45) is 16.1 Å². The third kappa shape index (κ3) is 9.17. The predicted molar refractivity (Wildman–Crippen MR) is 139 cm³/mol. The predicted octanol–water partition coefficient (Wildman–Crippen LogP) is 2.92. The number of amides is 1. The number of nitrogens with one attached hydrogen (secondary N) is 2. The number of hydrogen-bond acceptors (Lipinski definition) is 6. The fourth-order valence-electron chi connectivity index (χ4n) is 3.24. The minimum Gasteiger partial charge on any atom is -0.490 e. The molecule has 2 aliphatic rings. The van der Waals surface area contributed by atoms with Gasteiger partial charge in [-0.15, -0.1) is 24.0 Å². The van der Waals surface area contributed by atoms with Crippen molar-refractivity contribution in [3.8, 4) is 11.5 Å². The highest BCUT2D eigenvalue weighted by molar-refractivity contribution is 14.0. The highest BCUT2D eigenvalue weighted by Crippen LogP contribution is 2.32. The Bertz CT molecular complexity index is 784. The van der Waals surface area contributed by atoms with Gasteiger partial charge in [-0.1, -0.05) is 0 Å². The van der Waals surface area contributed by atoms with E-state index in [2.05, 4.69) is 15.6 Å². The Morgan fingerprint density at radius 2 is 2.00 bits per heavy atom. The van der Waals surface area contributed by atoms with E-state index in [0.717, 1.165) is 43.7 Å². The molecule has 33 heavy (non-hydrogen) atoms. The third-order valence-corrected chi connectivity index (χ3v) is 5.40. The van der Waals surface area contributed by atoms with Crippen LogP contribution in [0.5, 0.6) is 11.5 Å².